The highest BCUT2D eigenvalue weighted by molar-refractivity contribution is 5.92. The van der Waals surface area contributed by atoms with Gasteiger partial charge in [-0.25, -0.2) is 0 Å². The standard InChI is InChI=1S/C14H13N5O2/c15-9-19-5-3-11(8-19)17-14(20)13-6-12(18-21-13)10-2-1-4-16-7-10/h1-2,4,6-7,11H,3,5,8H2,(H,17,20). The first-order valence-electron chi connectivity index (χ1n) is 6.59. The maximum Gasteiger partial charge on any atom is 0.290 e. The summed E-state index contributed by atoms with van der Waals surface area (Å²) in [6.07, 6.45) is 6.14. The van der Waals surface area contributed by atoms with Crippen molar-refractivity contribution in [2.75, 3.05) is 13.1 Å². The first-order chi connectivity index (χ1) is 10.3. The summed E-state index contributed by atoms with van der Waals surface area (Å²) in [6, 6.07) is 5.18. The van der Waals surface area contributed by atoms with E-state index in [0.29, 0.717) is 18.8 Å². The van der Waals surface area contributed by atoms with Crippen molar-refractivity contribution in [1.29, 1.82) is 5.26 Å². The Bertz CT molecular complexity index is 676. The molecule has 2 aromatic heterocycles. The molecule has 0 aliphatic carbocycles. The molecule has 7 heteroatoms. The van der Waals surface area contributed by atoms with Gasteiger partial charge in [0.25, 0.3) is 5.91 Å². The fourth-order valence-corrected chi connectivity index (χ4v) is 2.26. The molecule has 0 bridgehead atoms. The van der Waals surface area contributed by atoms with E-state index in [0.717, 1.165) is 12.0 Å². The number of hydrogen-bond acceptors (Lipinski definition) is 6. The van der Waals surface area contributed by atoms with Crippen LogP contribution in [0.2, 0.25) is 0 Å². The van der Waals surface area contributed by atoms with Gasteiger partial charge in [-0.3, -0.25) is 9.78 Å². The van der Waals surface area contributed by atoms with Gasteiger partial charge in [0.1, 0.15) is 5.69 Å². The number of nitriles is 1. The summed E-state index contributed by atoms with van der Waals surface area (Å²) >= 11 is 0. The molecule has 1 saturated heterocycles. The number of carbonyl (C=O) groups excluding carboxylic acids is 1. The Balaban J connectivity index is 1.67. The number of rotatable bonds is 3. The highest BCUT2D eigenvalue weighted by atomic mass is 16.5. The van der Waals surface area contributed by atoms with E-state index in [-0.39, 0.29) is 17.7 Å². The van der Waals surface area contributed by atoms with Crippen LogP contribution >= 0.6 is 0 Å². The molecule has 0 saturated carbocycles. The predicted octanol–water partition coefficient (Wildman–Crippen LogP) is 1.02. The minimum atomic E-state index is -0.317. The third kappa shape index (κ3) is 2.84. The normalized spacial score (nSPS) is 17.5. The van der Waals surface area contributed by atoms with Crippen LogP contribution in [-0.2, 0) is 0 Å². The fraction of sp³-hybridized carbons (Fsp3) is 0.286. The maximum atomic E-state index is 12.1. The number of nitrogens with one attached hydrogen (secondary N) is 1. The lowest BCUT2D eigenvalue weighted by atomic mass is 10.2. The number of aromatic nitrogens is 2. The van der Waals surface area contributed by atoms with Gasteiger partial charge in [-0.1, -0.05) is 5.16 Å². The van der Waals surface area contributed by atoms with E-state index in [1.165, 1.54) is 0 Å². The van der Waals surface area contributed by atoms with Crippen molar-refractivity contribution >= 4 is 5.91 Å². The van der Waals surface area contributed by atoms with Crippen LogP contribution in [0, 0.1) is 11.5 Å². The Kier molecular flexibility index (Phi) is 3.51. The lowest BCUT2D eigenvalue weighted by molar-refractivity contribution is 0.0901. The maximum absolute atomic E-state index is 12.1. The largest absolute Gasteiger partial charge is 0.350 e. The van der Waals surface area contributed by atoms with Gasteiger partial charge in [-0.05, 0) is 18.6 Å². The molecule has 2 aromatic rings. The smallest absolute Gasteiger partial charge is 0.290 e. The van der Waals surface area contributed by atoms with Crippen LogP contribution in [0.5, 0.6) is 0 Å². The van der Waals surface area contributed by atoms with Gasteiger partial charge in [0, 0.05) is 43.2 Å². The molecular weight excluding hydrogens is 270 g/mol. The Morgan fingerprint density at radius 1 is 1.57 bits per heavy atom. The summed E-state index contributed by atoms with van der Waals surface area (Å²) in [7, 11) is 0. The number of hydrogen-bond donors (Lipinski definition) is 1. The minimum Gasteiger partial charge on any atom is -0.350 e. The molecule has 106 valence electrons. The highest BCUT2D eigenvalue weighted by Crippen LogP contribution is 2.18. The molecular formula is C14H13N5O2. The molecule has 0 aromatic carbocycles. The molecule has 1 aliphatic heterocycles. The summed E-state index contributed by atoms with van der Waals surface area (Å²) in [6.45, 7) is 1.20. The lowest BCUT2D eigenvalue weighted by Crippen LogP contribution is -2.36. The summed E-state index contributed by atoms with van der Waals surface area (Å²) in [5, 5.41) is 15.5. The third-order valence-corrected chi connectivity index (χ3v) is 3.36. The summed E-state index contributed by atoms with van der Waals surface area (Å²) in [5.41, 5.74) is 1.36. The second-order valence-electron chi connectivity index (χ2n) is 4.82. The number of carbonyl (C=O) groups is 1. The van der Waals surface area contributed by atoms with E-state index in [1.807, 2.05) is 6.07 Å². The molecule has 1 N–H and O–H groups in total. The molecule has 3 rings (SSSR count). The molecule has 3 heterocycles. The number of amides is 1. The second-order valence-corrected chi connectivity index (χ2v) is 4.82. The van der Waals surface area contributed by atoms with Crippen LogP contribution in [0.3, 0.4) is 0 Å². The van der Waals surface area contributed by atoms with E-state index in [4.69, 9.17) is 9.78 Å². The Morgan fingerprint density at radius 2 is 2.48 bits per heavy atom. The molecule has 7 nitrogen and oxygen atoms in total. The summed E-state index contributed by atoms with van der Waals surface area (Å²) < 4.78 is 5.08. The SMILES string of the molecule is N#CN1CCC(NC(=O)c2cc(-c3cccnc3)no2)C1. The number of nitrogens with zero attached hydrogens (tertiary/aromatic N) is 4. The molecule has 1 unspecified atom stereocenters. The zero-order chi connectivity index (χ0) is 14.7. The highest BCUT2D eigenvalue weighted by Gasteiger charge is 2.25. The zero-order valence-electron chi connectivity index (χ0n) is 11.2. The van der Waals surface area contributed by atoms with Crippen molar-refractivity contribution in [3.63, 3.8) is 0 Å². The van der Waals surface area contributed by atoms with Gasteiger partial charge in [-0.2, -0.15) is 5.26 Å². The van der Waals surface area contributed by atoms with Crippen molar-refractivity contribution in [2.24, 2.45) is 0 Å². The predicted molar refractivity (Wildman–Crippen MR) is 72.8 cm³/mol. The topological polar surface area (TPSA) is 95.1 Å². The van der Waals surface area contributed by atoms with Crippen LogP contribution in [0.15, 0.2) is 35.1 Å². The van der Waals surface area contributed by atoms with E-state index in [2.05, 4.69) is 21.7 Å². The fourth-order valence-electron chi connectivity index (χ4n) is 2.26. The lowest BCUT2D eigenvalue weighted by Gasteiger charge is -2.10. The monoisotopic (exact) mass is 283 g/mol. The molecule has 1 fully saturated rings. The molecule has 21 heavy (non-hydrogen) atoms. The number of likely N-dealkylation sites (tertiary alicyclic amines) is 1. The zero-order valence-corrected chi connectivity index (χ0v) is 11.2. The van der Waals surface area contributed by atoms with Crippen molar-refractivity contribution in [3.05, 3.63) is 36.4 Å². The van der Waals surface area contributed by atoms with Gasteiger partial charge in [0.2, 0.25) is 5.76 Å². The van der Waals surface area contributed by atoms with E-state index in [1.54, 1.807) is 29.4 Å². The molecule has 1 amide bonds. The van der Waals surface area contributed by atoms with Gasteiger partial charge in [-0.15, -0.1) is 0 Å². The van der Waals surface area contributed by atoms with Gasteiger partial charge >= 0.3 is 0 Å². The van der Waals surface area contributed by atoms with Crippen LogP contribution in [0.1, 0.15) is 17.0 Å². The average molecular weight is 283 g/mol. The van der Waals surface area contributed by atoms with E-state index < -0.39 is 0 Å². The summed E-state index contributed by atoms with van der Waals surface area (Å²) in [5.74, 6) is -0.160. The van der Waals surface area contributed by atoms with Crippen molar-refractivity contribution in [2.45, 2.75) is 12.5 Å². The second kappa shape index (κ2) is 5.63. The third-order valence-electron chi connectivity index (χ3n) is 3.36. The average Bonchev–Trinajstić information content (AvgIpc) is 3.17. The van der Waals surface area contributed by atoms with Gasteiger partial charge in [0.05, 0.1) is 0 Å². The van der Waals surface area contributed by atoms with Crippen molar-refractivity contribution in [3.8, 4) is 17.5 Å². The molecule has 0 spiro atoms. The van der Waals surface area contributed by atoms with Crippen LogP contribution in [0.4, 0.5) is 0 Å². The van der Waals surface area contributed by atoms with Gasteiger partial charge in [0.15, 0.2) is 6.19 Å². The van der Waals surface area contributed by atoms with E-state index >= 15 is 0 Å². The van der Waals surface area contributed by atoms with Gasteiger partial charge < -0.3 is 14.7 Å². The van der Waals surface area contributed by atoms with E-state index in [9.17, 15) is 4.79 Å². The van der Waals surface area contributed by atoms with Crippen LogP contribution < -0.4 is 5.32 Å². The molecule has 1 atom stereocenters. The Hall–Kier alpha value is -2.88. The first kappa shape index (κ1) is 13.1. The first-order valence-corrected chi connectivity index (χ1v) is 6.59. The summed E-state index contributed by atoms with van der Waals surface area (Å²) in [4.78, 5) is 17.7. The Labute approximate surface area is 121 Å². The van der Waals surface area contributed by atoms with Crippen LogP contribution in [-0.4, -0.2) is 40.1 Å². The molecule has 1 aliphatic rings. The van der Waals surface area contributed by atoms with Crippen molar-refractivity contribution in [1.82, 2.24) is 20.4 Å². The Morgan fingerprint density at radius 3 is 3.19 bits per heavy atom. The number of pyridine rings is 1. The van der Waals surface area contributed by atoms with Crippen molar-refractivity contribution < 1.29 is 9.32 Å². The quantitative estimate of drug-likeness (QED) is 0.845. The molecule has 0 radical (unpaired) electrons. The van der Waals surface area contributed by atoms with Crippen LogP contribution in [0.25, 0.3) is 11.3 Å². The minimum absolute atomic E-state index is 0.0379.